The lowest BCUT2D eigenvalue weighted by Crippen LogP contribution is -2.63. The number of nitrogens with zero attached hydrogens (tertiary/aromatic N) is 3. The van der Waals surface area contributed by atoms with E-state index >= 15 is 0 Å². The maximum Gasteiger partial charge on any atom is 0.261 e. The molecule has 100 valence electrons. The molecule has 0 atom stereocenters. The molecule has 1 aromatic rings. The van der Waals surface area contributed by atoms with E-state index in [9.17, 15) is 13.2 Å². The average molecular weight is 272 g/mol. The zero-order valence-electron chi connectivity index (χ0n) is 10.5. The predicted octanol–water partition coefficient (Wildman–Crippen LogP) is -0.349. The van der Waals surface area contributed by atoms with Crippen LogP contribution in [0.3, 0.4) is 0 Å². The molecule has 0 saturated carbocycles. The molecule has 2 rings (SSSR count). The normalized spacial score (nSPS) is 21.3. The molecule has 0 unspecified atom stereocenters. The van der Waals surface area contributed by atoms with Crippen molar-refractivity contribution >= 4 is 15.9 Å². The Labute approximate surface area is 106 Å². The summed E-state index contributed by atoms with van der Waals surface area (Å²) in [5, 5.41) is 0.00734. The van der Waals surface area contributed by atoms with Gasteiger partial charge >= 0.3 is 0 Å². The summed E-state index contributed by atoms with van der Waals surface area (Å²) in [6.07, 6.45) is 2.55. The molecule has 1 aliphatic heterocycles. The highest BCUT2D eigenvalue weighted by atomic mass is 32.2. The van der Waals surface area contributed by atoms with Gasteiger partial charge in [-0.2, -0.15) is 4.31 Å². The van der Waals surface area contributed by atoms with Gasteiger partial charge in [0.05, 0.1) is 12.5 Å². The highest BCUT2D eigenvalue weighted by molar-refractivity contribution is 7.89. The lowest BCUT2D eigenvalue weighted by molar-refractivity contribution is -0.142. The number of amides is 1. The van der Waals surface area contributed by atoms with Crippen LogP contribution in [0.5, 0.6) is 0 Å². The third kappa shape index (κ3) is 1.81. The van der Waals surface area contributed by atoms with Gasteiger partial charge in [-0.15, -0.1) is 0 Å². The van der Waals surface area contributed by atoms with Gasteiger partial charge in [0.15, 0.2) is 5.03 Å². The van der Waals surface area contributed by atoms with Gasteiger partial charge in [-0.25, -0.2) is 13.4 Å². The minimum Gasteiger partial charge on any atom is -0.343 e. The van der Waals surface area contributed by atoms with Gasteiger partial charge in [-0.1, -0.05) is 0 Å². The Morgan fingerprint density at radius 3 is 2.61 bits per heavy atom. The van der Waals surface area contributed by atoms with Crippen molar-refractivity contribution in [1.29, 1.82) is 0 Å². The first-order chi connectivity index (χ1) is 8.28. The number of hydrogen-bond acceptors (Lipinski definition) is 4. The van der Waals surface area contributed by atoms with Gasteiger partial charge in [-0.05, 0) is 13.8 Å². The Hall–Kier alpha value is -1.41. The summed E-state index contributed by atoms with van der Waals surface area (Å²) in [6, 6.07) is 0. The quantitative estimate of drug-likeness (QED) is 0.797. The van der Waals surface area contributed by atoms with Crippen LogP contribution in [0, 0.1) is 0 Å². The second-order valence-electron chi connectivity index (χ2n) is 4.78. The van der Waals surface area contributed by atoms with Gasteiger partial charge in [0, 0.05) is 20.1 Å². The summed E-state index contributed by atoms with van der Waals surface area (Å²) >= 11 is 0. The second kappa shape index (κ2) is 4.06. The number of sulfonamides is 1. The molecule has 0 bridgehead atoms. The van der Waals surface area contributed by atoms with Crippen LogP contribution in [0.15, 0.2) is 17.6 Å². The van der Waals surface area contributed by atoms with Crippen LogP contribution < -0.4 is 0 Å². The maximum absolute atomic E-state index is 12.4. The minimum absolute atomic E-state index is 0.00734. The van der Waals surface area contributed by atoms with Crippen molar-refractivity contribution in [1.82, 2.24) is 19.2 Å². The van der Waals surface area contributed by atoms with E-state index < -0.39 is 15.6 Å². The molecule has 0 aromatic carbocycles. The van der Waals surface area contributed by atoms with Crippen molar-refractivity contribution in [2.75, 3.05) is 20.1 Å². The number of piperazine rings is 1. The van der Waals surface area contributed by atoms with E-state index in [1.54, 1.807) is 25.8 Å². The molecule has 7 nitrogen and oxygen atoms in total. The van der Waals surface area contributed by atoms with Gasteiger partial charge in [0.25, 0.3) is 10.0 Å². The summed E-state index contributed by atoms with van der Waals surface area (Å²) in [4.78, 5) is 19.9. The molecule has 18 heavy (non-hydrogen) atoms. The fraction of sp³-hybridized carbons (Fsp3) is 0.600. The van der Waals surface area contributed by atoms with E-state index in [0.29, 0.717) is 6.54 Å². The van der Waals surface area contributed by atoms with E-state index in [1.165, 1.54) is 16.8 Å². The number of carbonyl (C=O) groups is 1. The lowest BCUT2D eigenvalue weighted by atomic mass is 10.0. The first kappa shape index (κ1) is 13.0. The molecule has 0 spiro atoms. The lowest BCUT2D eigenvalue weighted by Gasteiger charge is -2.43. The molecule has 1 N–H and O–H groups in total. The number of imidazole rings is 1. The van der Waals surface area contributed by atoms with Gasteiger partial charge in [0.1, 0.15) is 5.54 Å². The first-order valence-corrected chi connectivity index (χ1v) is 6.98. The number of aromatic amines is 1. The number of likely N-dealkylation sites (N-methyl/N-ethyl adjacent to an activating group) is 1. The molecule has 1 amide bonds. The molecule has 2 heterocycles. The number of nitrogens with one attached hydrogen (secondary N) is 1. The third-order valence-corrected chi connectivity index (χ3v) is 5.17. The predicted molar refractivity (Wildman–Crippen MR) is 64.2 cm³/mol. The fourth-order valence-electron chi connectivity index (χ4n) is 2.12. The molecule has 1 aliphatic rings. The molecule has 0 aliphatic carbocycles. The molecule has 1 fully saturated rings. The van der Waals surface area contributed by atoms with Crippen molar-refractivity contribution in [2.24, 2.45) is 0 Å². The van der Waals surface area contributed by atoms with E-state index in [0.717, 1.165) is 0 Å². The number of H-pyrrole nitrogens is 1. The molecular weight excluding hydrogens is 256 g/mol. The van der Waals surface area contributed by atoms with Crippen LogP contribution >= 0.6 is 0 Å². The standard InChI is InChI=1S/C10H16N4O3S/c1-10(2)9(15)13(3)4-5-14(10)18(16,17)8-6-11-7-12-8/h6-7H,4-5H2,1-3H3,(H,11,12). The van der Waals surface area contributed by atoms with Crippen LogP contribution in [-0.2, 0) is 14.8 Å². The van der Waals surface area contributed by atoms with Crippen molar-refractivity contribution in [3.05, 3.63) is 12.5 Å². The smallest absolute Gasteiger partial charge is 0.261 e. The van der Waals surface area contributed by atoms with Crippen LogP contribution in [-0.4, -0.2) is 59.2 Å². The summed E-state index contributed by atoms with van der Waals surface area (Å²) in [5.41, 5.74) is -1.09. The number of rotatable bonds is 2. The zero-order valence-corrected chi connectivity index (χ0v) is 11.4. The van der Waals surface area contributed by atoms with Gasteiger partial charge in [-0.3, -0.25) is 4.79 Å². The summed E-state index contributed by atoms with van der Waals surface area (Å²) in [6.45, 7) is 3.88. The van der Waals surface area contributed by atoms with Crippen LogP contribution in [0.25, 0.3) is 0 Å². The third-order valence-electron chi connectivity index (χ3n) is 3.17. The topological polar surface area (TPSA) is 86.4 Å². The van der Waals surface area contributed by atoms with Crippen LogP contribution in [0.2, 0.25) is 0 Å². The minimum atomic E-state index is -3.71. The van der Waals surface area contributed by atoms with E-state index in [2.05, 4.69) is 9.97 Å². The number of carbonyl (C=O) groups excluding carboxylic acids is 1. The fourth-order valence-corrected chi connectivity index (χ4v) is 3.75. The summed E-state index contributed by atoms with van der Waals surface area (Å²) < 4.78 is 26.0. The van der Waals surface area contributed by atoms with Gasteiger partial charge in [0.2, 0.25) is 5.91 Å². The number of aromatic nitrogens is 2. The Bertz CT molecular complexity index is 550. The van der Waals surface area contributed by atoms with E-state index in [4.69, 9.17) is 0 Å². The van der Waals surface area contributed by atoms with Crippen LogP contribution in [0.4, 0.5) is 0 Å². The highest BCUT2D eigenvalue weighted by Crippen LogP contribution is 2.27. The Balaban J connectivity index is 2.43. The monoisotopic (exact) mass is 272 g/mol. The Kier molecular flexibility index (Phi) is 2.94. The maximum atomic E-state index is 12.4. The summed E-state index contributed by atoms with van der Waals surface area (Å²) in [7, 11) is -2.04. The van der Waals surface area contributed by atoms with Crippen LogP contribution in [0.1, 0.15) is 13.8 Å². The Morgan fingerprint density at radius 1 is 1.39 bits per heavy atom. The van der Waals surface area contributed by atoms with Crippen molar-refractivity contribution in [3.63, 3.8) is 0 Å². The second-order valence-corrected chi connectivity index (χ2v) is 6.61. The first-order valence-electron chi connectivity index (χ1n) is 5.54. The van der Waals surface area contributed by atoms with Crippen molar-refractivity contribution < 1.29 is 13.2 Å². The Morgan fingerprint density at radius 2 is 2.06 bits per heavy atom. The largest absolute Gasteiger partial charge is 0.343 e. The molecular formula is C10H16N4O3S. The average Bonchev–Trinajstić information content (AvgIpc) is 2.79. The van der Waals surface area contributed by atoms with Crippen molar-refractivity contribution in [2.45, 2.75) is 24.4 Å². The highest BCUT2D eigenvalue weighted by Gasteiger charge is 2.47. The summed E-state index contributed by atoms with van der Waals surface area (Å²) in [5.74, 6) is -0.211. The SMILES string of the molecule is CN1CCN(S(=O)(=O)c2cnc[nH]2)C(C)(C)C1=O. The van der Waals surface area contributed by atoms with E-state index in [1.807, 2.05) is 0 Å². The number of hydrogen-bond donors (Lipinski definition) is 1. The zero-order chi connectivity index (χ0) is 13.6. The molecule has 8 heteroatoms. The molecule has 0 radical (unpaired) electrons. The van der Waals surface area contributed by atoms with Gasteiger partial charge < -0.3 is 9.88 Å². The van der Waals surface area contributed by atoms with E-state index in [-0.39, 0.29) is 17.5 Å². The van der Waals surface area contributed by atoms with Crippen molar-refractivity contribution in [3.8, 4) is 0 Å². The molecule has 1 saturated heterocycles. The molecule has 1 aromatic heterocycles.